The minimum absolute atomic E-state index is 0.118. The first kappa shape index (κ1) is 19.0. The molecule has 0 spiro atoms. The molecule has 0 radical (unpaired) electrons. The highest BCUT2D eigenvalue weighted by Crippen LogP contribution is 2.20. The van der Waals surface area contributed by atoms with E-state index in [2.05, 4.69) is 15.6 Å². The van der Waals surface area contributed by atoms with Gasteiger partial charge in [-0.15, -0.1) is 0 Å². The monoisotopic (exact) mass is 325 g/mol. The van der Waals surface area contributed by atoms with Crippen LogP contribution in [0.2, 0.25) is 0 Å². The third-order valence-corrected chi connectivity index (χ3v) is 2.93. The maximum absolute atomic E-state index is 11.5. The van der Waals surface area contributed by atoms with Crippen LogP contribution < -0.4 is 10.6 Å². The van der Waals surface area contributed by atoms with E-state index in [-0.39, 0.29) is 25.0 Å². The van der Waals surface area contributed by atoms with E-state index in [1.54, 1.807) is 19.1 Å². The molecule has 7 nitrogen and oxygen atoms in total. The van der Waals surface area contributed by atoms with Crippen LogP contribution >= 0.6 is 0 Å². The maximum Gasteiger partial charge on any atom is 0.307 e. The average Bonchev–Trinajstić information content (AvgIpc) is 2.99. The molecule has 0 aliphatic rings. The smallest absolute Gasteiger partial charge is 0.307 e. The van der Waals surface area contributed by atoms with E-state index >= 15 is 0 Å². The highest BCUT2D eigenvalue weighted by atomic mass is 16.5. The van der Waals surface area contributed by atoms with Crippen molar-refractivity contribution in [3.05, 3.63) is 24.2 Å². The van der Waals surface area contributed by atoms with Gasteiger partial charge >= 0.3 is 5.97 Å². The van der Waals surface area contributed by atoms with Gasteiger partial charge in [0.1, 0.15) is 11.4 Å². The molecule has 0 saturated carbocycles. The highest BCUT2D eigenvalue weighted by Gasteiger charge is 2.26. The number of carbonyl (C=O) groups is 1. The summed E-state index contributed by atoms with van der Waals surface area (Å²) in [6.45, 7) is 8.41. The van der Waals surface area contributed by atoms with Crippen LogP contribution in [0.1, 0.15) is 39.9 Å². The normalized spacial score (nSPS) is 14.4. The van der Waals surface area contributed by atoms with Crippen LogP contribution in [0.4, 0.5) is 0 Å². The van der Waals surface area contributed by atoms with Crippen molar-refractivity contribution in [2.24, 2.45) is 4.99 Å². The Morgan fingerprint density at radius 1 is 1.48 bits per heavy atom. The first-order valence-corrected chi connectivity index (χ1v) is 7.83. The average molecular weight is 325 g/mol. The van der Waals surface area contributed by atoms with Gasteiger partial charge in [-0.1, -0.05) is 0 Å². The Bertz CT molecular complexity index is 495. The molecule has 0 aromatic carbocycles. The second-order valence-corrected chi connectivity index (χ2v) is 5.66. The van der Waals surface area contributed by atoms with Crippen LogP contribution in [-0.4, -0.2) is 42.8 Å². The number of hydrogen-bond acceptors (Lipinski definition) is 5. The standard InChI is InChI=1S/C16H27N3O4/c1-5-17-15(18-9-8-14(20)23-12(2)3)19-11-16(4,21)13-7-6-10-22-13/h6-7,10,12,21H,5,8-9,11H2,1-4H3,(H2,17,18,19). The molecular weight excluding hydrogens is 298 g/mol. The fourth-order valence-electron chi connectivity index (χ4n) is 1.84. The summed E-state index contributed by atoms with van der Waals surface area (Å²) < 4.78 is 10.3. The molecule has 1 aromatic heterocycles. The maximum atomic E-state index is 11.5. The molecule has 0 bridgehead atoms. The van der Waals surface area contributed by atoms with Crippen molar-refractivity contribution < 1.29 is 19.1 Å². The number of carbonyl (C=O) groups excluding carboxylic acids is 1. The molecule has 0 amide bonds. The number of nitrogens with zero attached hydrogens (tertiary/aromatic N) is 1. The minimum atomic E-state index is -1.19. The number of aliphatic imine (C=N–C) groups is 1. The minimum Gasteiger partial charge on any atom is -0.466 e. The Kier molecular flexibility index (Phi) is 7.61. The third-order valence-electron chi connectivity index (χ3n) is 2.93. The van der Waals surface area contributed by atoms with Gasteiger partial charge in [0, 0.05) is 13.1 Å². The summed E-state index contributed by atoms with van der Waals surface area (Å²) in [5, 5.41) is 16.5. The van der Waals surface area contributed by atoms with Gasteiger partial charge in [0.05, 0.1) is 25.3 Å². The van der Waals surface area contributed by atoms with Gasteiger partial charge in [0.15, 0.2) is 5.96 Å². The van der Waals surface area contributed by atoms with Crippen molar-refractivity contribution in [2.75, 3.05) is 19.6 Å². The molecule has 23 heavy (non-hydrogen) atoms. The SMILES string of the molecule is CCNC(=NCC(C)(O)c1ccco1)NCCC(=O)OC(C)C. The number of nitrogens with one attached hydrogen (secondary N) is 2. The number of aliphatic hydroxyl groups is 1. The van der Waals surface area contributed by atoms with E-state index in [1.807, 2.05) is 20.8 Å². The largest absolute Gasteiger partial charge is 0.466 e. The van der Waals surface area contributed by atoms with Gasteiger partial charge in [0.2, 0.25) is 0 Å². The second kappa shape index (κ2) is 9.19. The Balaban J connectivity index is 2.52. The molecule has 1 unspecified atom stereocenters. The molecule has 1 aromatic rings. The molecule has 1 atom stereocenters. The summed E-state index contributed by atoms with van der Waals surface area (Å²) in [5.74, 6) is 0.722. The first-order chi connectivity index (χ1) is 10.8. The van der Waals surface area contributed by atoms with Gasteiger partial charge < -0.3 is 24.9 Å². The van der Waals surface area contributed by atoms with Gasteiger partial charge in [-0.2, -0.15) is 0 Å². The van der Waals surface area contributed by atoms with Gasteiger partial charge in [-0.3, -0.25) is 4.79 Å². The van der Waals surface area contributed by atoms with E-state index in [4.69, 9.17) is 9.15 Å². The number of hydrogen-bond donors (Lipinski definition) is 3. The second-order valence-electron chi connectivity index (χ2n) is 5.66. The Morgan fingerprint density at radius 2 is 2.22 bits per heavy atom. The first-order valence-electron chi connectivity index (χ1n) is 7.83. The van der Waals surface area contributed by atoms with E-state index in [1.165, 1.54) is 6.26 Å². The zero-order valence-corrected chi connectivity index (χ0v) is 14.3. The van der Waals surface area contributed by atoms with Crippen molar-refractivity contribution in [2.45, 2.75) is 45.8 Å². The summed E-state index contributed by atoms with van der Waals surface area (Å²) in [6.07, 6.45) is 1.64. The zero-order chi connectivity index (χ0) is 17.3. The Morgan fingerprint density at radius 3 is 2.78 bits per heavy atom. The molecule has 0 saturated heterocycles. The number of furan rings is 1. The van der Waals surface area contributed by atoms with Gasteiger partial charge in [-0.25, -0.2) is 4.99 Å². The molecule has 130 valence electrons. The van der Waals surface area contributed by atoms with E-state index in [0.717, 1.165) is 0 Å². The highest BCUT2D eigenvalue weighted by molar-refractivity contribution is 5.80. The Labute approximate surface area is 137 Å². The zero-order valence-electron chi connectivity index (χ0n) is 14.3. The molecule has 1 rings (SSSR count). The summed E-state index contributed by atoms with van der Waals surface area (Å²) >= 11 is 0. The number of rotatable bonds is 8. The summed E-state index contributed by atoms with van der Waals surface area (Å²) in [6, 6.07) is 3.43. The summed E-state index contributed by atoms with van der Waals surface area (Å²) in [4.78, 5) is 15.8. The third kappa shape index (κ3) is 7.19. The molecule has 0 aliphatic heterocycles. The molecule has 0 fully saturated rings. The van der Waals surface area contributed by atoms with Gasteiger partial charge in [-0.05, 0) is 39.8 Å². The van der Waals surface area contributed by atoms with Crippen molar-refractivity contribution in [3.63, 3.8) is 0 Å². The van der Waals surface area contributed by atoms with E-state index < -0.39 is 5.60 Å². The number of ether oxygens (including phenoxy) is 1. The van der Waals surface area contributed by atoms with Gasteiger partial charge in [0.25, 0.3) is 0 Å². The van der Waals surface area contributed by atoms with Crippen LogP contribution in [0.5, 0.6) is 0 Å². The van der Waals surface area contributed by atoms with Crippen LogP contribution in [-0.2, 0) is 15.1 Å². The van der Waals surface area contributed by atoms with Crippen LogP contribution in [0, 0.1) is 0 Å². The predicted octanol–water partition coefficient (Wildman–Crippen LogP) is 1.38. The summed E-state index contributed by atoms with van der Waals surface area (Å²) in [7, 11) is 0. The number of guanidine groups is 1. The van der Waals surface area contributed by atoms with E-state index in [0.29, 0.717) is 24.8 Å². The molecule has 7 heteroatoms. The lowest BCUT2D eigenvalue weighted by Gasteiger charge is -2.19. The molecular formula is C16H27N3O4. The topological polar surface area (TPSA) is 96.1 Å². The quantitative estimate of drug-likeness (QED) is 0.380. The van der Waals surface area contributed by atoms with Crippen LogP contribution in [0.3, 0.4) is 0 Å². The fourth-order valence-corrected chi connectivity index (χ4v) is 1.84. The Hall–Kier alpha value is -2.02. The molecule has 3 N–H and O–H groups in total. The fraction of sp³-hybridized carbons (Fsp3) is 0.625. The lowest BCUT2D eigenvalue weighted by molar-refractivity contribution is -0.147. The lowest BCUT2D eigenvalue weighted by atomic mass is 10.0. The number of esters is 1. The van der Waals surface area contributed by atoms with Crippen molar-refractivity contribution in [3.8, 4) is 0 Å². The van der Waals surface area contributed by atoms with Crippen LogP contribution in [0.15, 0.2) is 27.8 Å². The lowest BCUT2D eigenvalue weighted by Crippen LogP contribution is -2.39. The van der Waals surface area contributed by atoms with Crippen molar-refractivity contribution >= 4 is 11.9 Å². The van der Waals surface area contributed by atoms with Crippen molar-refractivity contribution in [1.82, 2.24) is 10.6 Å². The predicted molar refractivity (Wildman–Crippen MR) is 88.1 cm³/mol. The molecule has 0 aliphatic carbocycles. The van der Waals surface area contributed by atoms with Crippen LogP contribution in [0.25, 0.3) is 0 Å². The van der Waals surface area contributed by atoms with Crippen molar-refractivity contribution in [1.29, 1.82) is 0 Å². The summed E-state index contributed by atoms with van der Waals surface area (Å²) in [5.41, 5.74) is -1.19. The van der Waals surface area contributed by atoms with E-state index in [9.17, 15) is 9.90 Å². The molecule has 1 heterocycles.